The number of aliphatic hydroxyl groups is 2. The molecule has 0 spiro atoms. The predicted molar refractivity (Wildman–Crippen MR) is 120 cm³/mol. The van der Waals surface area contributed by atoms with Gasteiger partial charge < -0.3 is 10.2 Å². The second kappa shape index (κ2) is 7.83. The zero-order chi connectivity index (χ0) is 21.0. The minimum absolute atomic E-state index is 0.101. The number of hydrogen-bond acceptors (Lipinski definition) is 2. The predicted octanol–water partition coefficient (Wildman–Crippen LogP) is 6.14. The van der Waals surface area contributed by atoms with Crippen molar-refractivity contribution in [2.75, 3.05) is 0 Å². The molecule has 2 N–H and O–H groups in total. The van der Waals surface area contributed by atoms with Crippen molar-refractivity contribution >= 4 is 0 Å². The number of allylic oxidation sites excluding steroid dienone is 3. The Morgan fingerprint density at radius 3 is 2.62 bits per heavy atom. The fraction of sp³-hybridized carbons (Fsp3) is 0.852. The van der Waals surface area contributed by atoms with E-state index < -0.39 is 0 Å². The first-order valence-electron chi connectivity index (χ1n) is 12.4. The Morgan fingerprint density at radius 1 is 1.14 bits per heavy atom. The summed E-state index contributed by atoms with van der Waals surface area (Å²) in [5, 5.41) is 21.7. The Balaban J connectivity index is 1.58. The van der Waals surface area contributed by atoms with Crippen molar-refractivity contribution in [3.05, 3.63) is 23.8 Å². The first-order valence-corrected chi connectivity index (χ1v) is 12.4. The van der Waals surface area contributed by atoms with E-state index in [0.717, 1.165) is 43.9 Å². The summed E-state index contributed by atoms with van der Waals surface area (Å²) in [5.41, 5.74) is 1.81. The molecule has 3 saturated carbocycles. The third-order valence-corrected chi connectivity index (χ3v) is 9.76. The average Bonchev–Trinajstić information content (AvgIpc) is 2.98. The SMILES string of the molecule is CC(C)C/C=C/[C@@H](C)[C@H]1CC[C@H]2[C@@H]3CC=C4C[C@@H](O)CC[C@]4(C)[C@H]3[C@H](O)C[C@]12C. The van der Waals surface area contributed by atoms with Crippen molar-refractivity contribution < 1.29 is 10.2 Å². The maximum absolute atomic E-state index is 11.5. The van der Waals surface area contributed by atoms with Gasteiger partial charge in [0.2, 0.25) is 0 Å². The molecule has 3 fully saturated rings. The molecule has 0 aromatic rings. The van der Waals surface area contributed by atoms with Crippen LogP contribution >= 0.6 is 0 Å². The average molecular weight is 401 g/mol. The topological polar surface area (TPSA) is 40.5 Å². The molecule has 0 radical (unpaired) electrons. The highest BCUT2D eigenvalue weighted by atomic mass is 16.3. The molecule has 4 aliphatic rings. The molecule has 4 rings (SSSR count). The number of aliphatic hydroxyl groups excluding tert-OH is 2. The van der Waals surface area contributed by atoms with Crippen LogP contribution in [0, 0.1) is 46.3 Å². The fourth-order valence-electron chi connectivity index (χ4n) is 8.38. The lowest BCUT2D eigenvalue weighted by atomic mass is 9.46. The molecule has 4 aliphatic carbocycles. The fourth-order valence-corrected chi connectivity index (χ4v) is 8.38. The highest BCUT2D eigenvalue weighted by molar-refractivity contribution is 5.26. The quantitative estimate of drug-likeness (QED) is 0.557. The minimum Gasteiger partial charge on any atom is -0.393 e. The van der Waals surface area contributed by atoms with E-state index >= 15 is 0 Å². The van der Waals surface area contributed by atoms with Crippen LogP contribution in [0.3, 0.4) is 0 Å². The van der Waals surface area contributed by atoms with Gasteiger partial charge in [0, 0.05) is 0 Å². The maximum Gasteiger partial charge on any atom is 0.0585 e. The van der Waals surface area contributed by atoms with Crippen molar-refractivity contribution in [3.8, 4) is 0 Å². The molecular formula is C27H44O2. The second-order valence-corrected chi connectivity index (χ2v) is 12.0. The summed E-state index contributed by atoms with van der Waals surface area (Å²) >= 11 is 0. The van der Waals surface area contributed by atoms with Crippen molar-refractivity contribution in [2.45, 2.75) is 98.2 Å². The van der Waals surface area contributed by atoms with Crippen LogP contribution in [0.2, 0.25) is 0 Å². The molecule has 0 aromatic heterocycles. The highest BCUT2D eigenvalue weighted by Crippen LogP contribution is 2.67. The molecule has 164 valence electrons. The normalized spacial score (nSPS) is 48.2. The van der Waals surface area contributed by atoms with Gasteiger partial charge in [-0.25, -0.2) is 0 Å². The van der Waals surface area contributed by atoms with Crippen LogP contribution in [-0.2, 0) is 0 Å². The van der Waals surface area contributed by atoms with E-state index in [9.17, 15) is 10.2 Å². The summed E-state index contributed by atoms with van der Waals surface area (Å²) < 4.78 is 0. The monoisotopic (exact) mass is 400 g/mol. The standard InChI is InChI=1S/C27H44O2/c1-17(2)7-6-8-18(3)22-11-12-23-21-10-9-19-15-20(28)13-14-26(19,4)25(21)24(29)16-27(22,23)5/h6,8-9,17-18,20-25,28-29H,7,10-16H2,1-5H3/b8-6+/t18-,20+,21+,22-,23+,24-,25-,26+,27-/m1/s1. The van der Waals surface area contributed by atoms with Gasteiger partial charge in [-0.15, -0.1) is 0 Å². The molecule has 29 heavy (non-hydrogen) atoms. The molecule has 0 amide bonds. The van der Waals surface area contributed by atoms with E-state index in [1.165, 1.54) is 24.8 Å². The van der Waals surface area contributed by atoms with Crippen LogP contribution in [-0.4, -0.2) is 22.4 Å². The molecule has 0 saturated heterocycles. The summed E-state index contributed by atoms with van der Waals surface area (Å²) in [7, 11) is 0. The Labute approximate surface area is 178 Å². The van der Waals surface area contributed by atoms with Crippen LogP contribution in [0.1, 0.15) is 86.0 Å². The van der Waals surface area contributed by atoms with Gasteiger partial charge in [-0.1, -0.05) is 58.4 Å². The number of hydrogen-bond donors (Lipinski definition) is 2. The number of rotatable bonds is 4. The maximum atomic E-state index is 11.5. The van der Waals surface area contributed by atoms with Gasteiger partial charge in [0.05, 0.1) is 12.2 Å². The summed E-state index contributed by atoms with van der Waals surface area (Å²) in [6.07, 6.45) is 15.6. The van der Waals surface area contributed by atoms with Crippen LogP contribution in [0.4, 0.5) is 0 Å². The Hall–Kier alpha value is -0.600. The largest absolute Gasteiger partial charge is 0.393 e. The van der Waals surface area contributed by atoms with Crippen molar-refractivity contribution in [1.29, 1.82) is 0 Å². The molecular weight excluding hydrogens is 356 g/mol. The lowest BCUT2D eigenvalue weighted by molar-refractivity contribution is -0.127. The van der Waals surface area contributed by atoms with Gasteiger partial charge in [-0.3, -0.25) is 0 Å². The summed E-state index contributed by atoms with van der Waals surface area (Å²) in [6.45, 7) is 11.9. The molecule has 0 unspecified atom stereocenters. The van der Waals surface area contributed by atoms with E-state index in [1.54, 1.807) is 0 Å². The van der Waals surface area contributed by atoms with Crippen LogP contribution in [0.15, 0.2) is 23.8 Å². The van der Waals surface area contributed by atoms with E-state index in [-0.39, 0.29) is 23.0 Å². The van der Waals surface area contributed by atoms with Gasteiger partial charge >= 0.3 is 0 Å². The van der Waals surface area contributed by atoms with Crippen molar-refractivity contribution in [3.63, 3.8) is 0 Å². The molecule has 0 aliphatic heterocycles. The molecule has 0 aromatic carbocycles. The Kier molecular flexibility index (Phi) is 5.84. The summed E-state index contributed by atoms with van der Waals surface area (Å²) in [5.74, 6) is 3.76. The van der Waals surface area contributed by atoms with Gasteiger partial charge in [-0.05, 0) is 97.7 Å². The first-order chi connectivity index (χ1) is 13.7. The molecule has 0 heterocycles. The van der Waals surface area contributed by atoms with Crippen LogP contribution in [0.25, 0.3) is 0 Å². The van der Waals surface area contributed by atoms with E-state index in [0.29, 0.717) is 23.7 Å². The van der Waals surface area contributed by atoms with Crippen LogP contribution < -0.4 is 0 Å². The third kappa shape index (κ3) is 3.57. The molecule has 2 nitrogen and oxygen atoms in total. The smallest absolute Gasteiger partial charge is 0.0585 e. The molecule has 0 bridgehead atoms. The second-order valence-electron chi connectivity index (χ2n) is 12.0. The summed E-state index contributed by atoms with van der Waals surface area (Å²) in [4.78, 5) is 0. The molecule has 9 atom stereocenters. The third-order valence-electron chi connectivity index (χ3n) is 9.76. The van der Waals surface area contributed by atoms with Crippen LogP contribution in [0.5, 0.6) is 0 Å². The lowest BCUT2D eigenvalue weighted by Crippen LogP contribution is -2.56. The first kappa shape index (κ1) is 21.6. The highest BCUT2D eigenvalue weighted by Gasteiger charge is 2.61. The van der Waals surface area contributed by atoms with E-state index in [4.69, 9.17) is 0 Å². The Morgan fingerprint density at radius 2 is 1.90 bits per heavy atom. The zero-order valence-corrected chi connectivity index (χ0v) is 19.4. The van der Waals surface area contributed by atoms with E-state index in [2.05, 4.69) is 52.8 Å². The van der Waals surface area contributed by atoms with Gasteiger partial charge in [-0.2, -0.15) is 0 Å². The van der Waals surface area contributed by atoms with E-state index in [1.807, 2.05) is 0 Å². The number of fused-ring (bicyclic) bond motifs is 5. The minimum atomic E-state index is -0.197. The zero-order valence-electron chi connectivity index (χ0n) is 19.4. The van der Waals surface area contributed by atoms with Crippen molar-refractivity contribution in [2.24, 2.45) is 46.3 Å². The lowest BCUT2D eigenvalue weighted by Gasteiger charge is -2.60. The van der Waals surface area contributed by atoms with Gasteiger partial charge in [0.15, 0.2) is 0 Å². The summed E-state index contributed by atoms with van der Waals surface area (Å²) in [6, 6.07) is 0. The van der Waals surface area contributed by atoms with Gasteiger partial charge in [0.1, 0.15) is 0 Å². The molecule has 2 heteroatoms. The Bertz CT molecular complexity index is 663. The van der Waals surface area contributed by atoms with Crippen molar-refractivity contribution in [1.82, 2.24) is 0 Å². The van der Waals surface area contributed by atoms with Gasteiger partial charge in [0.25, 0.3) is 0 Å².